The Morgan fingerprint density at radius 3 is 2.84 bits per heavy atom. The highest BCUT2D eigenvalue weighted by Gasteiger charge is 2.30. The topological polar surface area (TPSA) is 12.0 Å². The first-order chi connectivity index (χ1) is 9.17. The van der Waals surface area contributed by atoms with Crippen LogP contribution in [0, 0.1) is 17.7 Å². The summed E-state index contributed by atoms with van der Waals surface area (Å²) < 4.78 is 14.1. The third kappa shape index (κ3) is 3.29. The summed E-state index contributed by atoms with van der Waals surface area (Å²) >= 11 is 6.21. The third-order valence-corrected chi connectivity index (χ3v) is 4.82. The van der Waals surface area contributed by atoms with Crippen molar-refractivity contribution < 1.29 is 4.39 Å². The zero-order valence-electron chi connectivity index (χ0n) is 11.8. The molecule has 3 heteroatoms. The molecule has 1 saturated carbocycles. The summed E-state index contributed by atoms with van der Waals surface area (Å²) in [5.41, 5.74) is 0.647. The largest absolute Gasteiger partial charge is 0.313 e. The van der Waals surface area contributed by atoms with Gasteiger partial charge in [-0.15, -0.1) is 0 Å². The van der Waals surface area contributed by atoms with Crippen molar-refractivity contribution in [2.45, 2.75) is 45.1 Å². The summed E-state index contributed by atoms with van der Waals surface area (Å²) in [6.07, 6.45) is 6.11. The summed E-state index contributed by atoms with van der Waals surface area (Å²) in [5, 5.41) is 3.83. The quantitative estimate of drug-likeness (QED) is 0.824. The predicted octanol–water partition coefficient (Wildman–Crippen LogP) is 4.96. The maximum atomic E-state index is 14.1. The average Bonchev–Trinajstić information content (AvgIpc) is 2.43. The smallest absolute Gasteiger partial charge is 0.129 e. The summed E-state index contributed by atoms with van der Waals surface area (Å²) in [6, 6.07) is 4.99. The van der Waals surface area contributed by atoms with E-state index in [0.717, 1.165) is 12.3 Å². The molecule has 0 radical (unpaired) electrons. The molecule has 3 atom stereocenters. The third-order valence-electron chi connectivity index (χ3n) is 4.49. The minimum Gasteiger partial charge on any atom is -0.313 e. The Bertz CT molecular complexity index is 401. The van der Waals surface area contributed by atoms with E-state index in [1.54, 1.807) is 12.1 Å². The van der Waals surface area contributed by atoms with E-state index in [2.05, 4.69) is 12.2 Å². The maximum absolute atomic E-state index is 14.1. The molecule has 19 heavy (non-hydrogen) atoms. The van der Waals surface area contributed by atoms with Gasteiger partial charge in [0.15, 0.2) is 0 Å². The van der Waals surface area contributed by atoms with Crippen molar-refractivity contribution in [1.29, 1.82) is 0 Å². The van der Waals surface area contributed by atoms with Crippen LogP contribution in [-0.4, -0.2) is 7.05 Å². The molecule has 1 aromatic carbocycles. The van der Waals surface area contributed by atoms with E-state index in [0.29, 0.717) is 16.5 Å². The van der Waals surface area contributed by atoms with Crippen molar-refractivity contribution in [1.82, 2.24) is 5.32 Å². The summed E-state index contributed by atoms with van der Waals surface area (Å²) in [4.78, 5) is 0. The standard InChI is InChI=1S/C16H23ClFN/c1-3-11-6-4-7-12(10-11)16(19-2)15-13(17)8-5-9-14(15)18/h5,8-9,11-12,16,19H,3-4,6-7,10H2,1-2H3. The molecule has 0 aliphatic heterocycles. The molecule has 0 spiro atoms. The Labute approximate surface area is 120 Å². The second-order valence-corrected chi connectivity index (χ2v) is 6.01. The first kappa shape index (κ1) is 14.8. The van der Waals surface area contributed by atoms with Crippen molar-refractivity contribution in [3.63, 3.8) is 0 Å². The second-order valence-electron chi connectivity index (χ2n) is 5.60. The summed E-state index contributed by atoms with van der Waals surface area (Å²) in [6.45, 7) is 2.25. The van der Waals surface area contributed by atoms with Gasteiger partial charge < -0.3 is 5.32 Å². The van der Waals surface area contributed by atoms with E-state index in [-0.39, 0.29) is 11.9 Å². The molecule has 1 N–H and O–H groups in total. The lowest BCUT2D eigenvalue weighted by molar-refractivity contribution is 0.212. The Morgan fingerprint density at radius 1 is 1.42 bits per heavy atom. The number of halogens is 2. The molecule has 106 valence electrons. The fourth-order valence-electron chi connectivity index (χ4n) is 3.43. The average molecular weight is 284 g/mol. The van der Waals surface area contributed by atoms with Crippen molar-refractivity contribution in [3.8, 4) is 0 Å². The minimum atomic E-state index is -0.189. The van der Waals surface area contributed by atoms with Gasteiger partial charge in [-0.1, -0.05) is 43.9 Å². The Hall–Kier alpha value is -0.600. The van der Waals surface area contributed by atoms with Crippen LogP contribution >= 0.6 is 11.6 Å². The van der Waals surface area contributed by atoms with Crippen LogP contribution in [0.3, 0.4) is 0 Å². The Balaban J connectivity index is 2.24. The van der Waals surface area contributed by atoms with Crippen molar-refractivity contribution in [2.24, 2.45) is 11.8 Å². The number of benzene rings is 1. The van der Waals surface area contributed by atoms with Crippen molar-refractivity contribution in [3.05, 3.63) is 34.6 Å². The lowest BCUT2D eigenvalue weighted by Gasteiger charge is -2.35. The number of hydrogen-bond donors (Lipinski definition) is 1. The van der Waals surface area contributed by atoms with E-state index in [9.17, 15) is 4.39 Å². The number of hydrogen-bond acceptors (Lipinski definition) is 1. The van der Waals surface area contributed by atoms with Gasteiger partial charge in [0.25, 0.3) is 0 Å². The van der Waals surface area contributed by atoms with Crippen LogP contribution in [0.2, 0.25) is 5.02 Å². The molecular weight excluding hydrogens is 261 g/mol. The predicted molar refractivity (Wildman–Crippen MR) is 78.9 cm³/mol. The fraction of sp³-hybridized carbons (Fsp3) is 0.625. The second kappa shape index (κ2) is 6.71. The van der Waals surface area contributed by atoms with Crippen LogP contribution in [0.1, 0.15) is 50.6 Å². The van der Waals surface area contributed by atoms with Gasteiger partial charge in [0.05, 0.1) is 0 Å². The van der Waals surface area contributed by atoms with Crippen molar-refractivity contribution in [2.75, 3.05) is 7.05 Å². The van der Waals surface area contributed by atoms with Gasteiger partial charge in [-0.25, -0.2) is 4.39 Å². The molecule has 0 aromatic heterocycles. The summed E-state index contributed by atoms with van der Waals surface area (Å²) in [7, 11) is 1.91. The molecule has 0 saturated heterocycles. The number of rotatable bonds is 4. The zero-order chi connectivity index (χ0) is 13.8. The van der Waals surface area contributed by atoms with E-state index in [4.69, 9.17) is 11.6 Å². The van der Waals surface area contributed by atoms with Gasteiger partial charge in [0.2, 0.25) is 0 Å². The highest BCUT2D eigenvalue weighted by atomic mass is 35.5. The van der Waals surface area contributed by atoms with E-state index >= 15 is 0 Å². The molecule has 1 fully saturated rings. The van der Waals surface area contributed by atoms with Gasteiger partial charge in [-0.05, 0) is 43.9 Å². The Morgan fingerprint density at radius 2 is 2.21 bits per heavy atom. The molecular formula is C16H23ClFN. The first-order valence-electron chi connectivity index (χ1n) is 7.28. The van der Waals surface area contributed by atoms with Gasteiger partial charge in [-0.2, -0.15) is 0 Å². The monoisotopic (exact) mass is 283 g/mol. The molecule has 1 aromatic rings. The molecule has 2 rings (SSSR count). The minimum absolute atomic E-state index is 0.0306. The fourth-order valence-corrected chi connectivity index (χ4v) is 3.71. The van der Waals surface area contributed by atoms with Crippen LogP contribution in [0.15, 0.2) is 18.2 Å². The molecule has 0 heterocycles. The van der Waals surface area contributed by atoms with E-state index in [1.807, 2.05) is 7.05 Å². The normalized spacial score (nSPS) is 25.3. The van der Waals surface area contributed by atoms with Crippen LogP contribution in [0.5, 0.6) is 0 Å². The lowest BCUT2D eigenvalue weighted by Crippen LogP contribution is -2.30. The first-order valence-corrected chi connectivity index (χ1v) is 7.66. The summed E-state index contributed by atoms with van der Waals surface area (Å²) in [5.74, 6) is 1.07. The Kier molecular flexibility index (Phi) is 5.23. The van der Waals surface area contributed by atoms with Gasteiger partial charge in [-0.3, -0.25) is 0 Å². The van der Waals surface area contributed by atoms with Crippen molar-refractivity contribution >= 4 is 11.6 Å². The molecule has 0 amide bonds. The molecule has 3 unspecified atom stereocenters. The van der Waals surface area contributed by atoms with E-state index in [1.165, 1.54) is 31.7 Å². The lowest BCUT2D eigenvalue weighted by atomic mass is 9.75. The molecule has 1 aliphatic carbocycles. The van der Waals surface area contributed by atoms with Gasteiger partial charge >= 0.3 is 0 Å². The van der Waals surface area contributed by atoms with Gasteiger partial charge in [0, 0.05) is 16.6 Å². The van der Waals surface area contributed by atoms with E-state index < -0.39 is 0 Å². The van der Waals surface area contributed by atoms with Crippen LogP contribution in [0.4, 0.5) is 4.39 Å². The highest BCUT2D eigenvalue weighted by Crippen LogP contribution is 2.40. The highest BCUT2D eigenvalue weighted by molar-refractivity contribution is 6.31. The zero-order valence-corrected chi connectivity index (χ0v) is 12.5. The van der Waals surface area contributed by atoms with Gasteiger partial charge in [0.1, 0.15) is 5.82 Å². The molecule has 1 aliphatic rings. The number of nitrogens with one attached hydrogen (secondary N) is 1. The van der Waals surface area contributed by atoms with Crippen LogP contribution in [-0.2, 0) is 0 Å². The molecule has 1 nitrogen and oxygen atoms in total. The maximum Gasteiger partial charge on any atom is 0.129 e. The SMILES string of the molecule is CCC1CCCC(C(NC)c2c(F)cccc2Cl)C1. The van der Waals surface area contributed by atoms with Crippen LogP contribution < -0.4 is 5.32 Å². The molecule has 0 bridgehead atoms. The van der Waals surface area contributed by atoms with Crippen LogP contribution in [0.25, 0.3) is 0 Å².